The molecule has 3 fully saturated rings. The van der Waals surface area contributed by atoms with Crippen LogP contribution in [0.3, 0.4) is 0 Å². The summed E-state index contributed by atoms with van der Waals surface area (Å²) in [6.07, 6.45) is 6.41. The molecule has 0 radical (unpaired) electrons. The minimum Gasteiger partial charge on any atom is -0.388 e. The second-order valence-corrected chi connectivity index (χ2v) is 13.0. The molecule has 2 aromatic carbocycles. The number of amides is 1. The summed E-state index contributed by atoms with van der Waals surface area (Å²) in [5.41, 5.74) is 3.29. The van der Waals surface area contributed by atoms with Gasteiger partial charge in [0.15, 0.2) is 17.0 Å². The smallest absolute Gasteiger partial charge is 0.226 e. The molecular weight excluding hydrogens is 580 g/mol. The second-order valence-electron chi connectivity index (χ2n) is 13.0. The topological polar surface area (TPSA) is 140 Å². The van der Waals surface area contributed by atoms with Crippen molar-refractivity contribution < 1.29 is 15.0 Å². The number of likely N-dealkylation sites (tertiary alicyclic amines) is 1. The van der Waals surface area contributed by atoms with E-state index in [0.717, 1.165) is 50.0 Å². The first-order chi connectivity index (χ1) is 22.5. The molecule has 46 heavy (non-hydrogen) atoms. The van der Waals surface area contributed by atoms with Crippen LogP contribution >= 0.6 is 0 Å². The van der Waals surface area contributed by atoms with Crippen molar-refractivity contribution in [2.24, 2.45) is 5.92 Å². The van der Waals surface area contributed by atoms with E-state index >= 15 is 0 Å². The van der Waals surface area contributed by atoms with Crippen LogP contribution in [0, 0.1) is 5.92 Å². The van der Waals surface area contributed by atoms with Crippen molar-refractivity contribution in [3.8, 4) is 0 Å². The number of benzene rings is 2. The Morgan fingerprint density at radius 2 is 1.59 bits per heavy atom. The lowest BCUT2D eigenvalue weighted by Crippen LogP contribution is -2.46. The zero-order valence-corrected chi connectivity index (χ0v) is 26.1. The third kappa shape index (κ3) is 6.44. The molecule has 242 valence electrons. The number of nitrogens with one attached hydrogen (secondary N) is 3. The fourth-order valence-corrected chi connectivity index (χ4v) is 7.03. The molecule has 11 nitrogen and oxygen atoms in total. The van der Waals surface area contributed by atoms with E-state index in [1.807, 2.05) is 41.0 Å². The number of hydrogen-bond donors (Lipinski definition) is 5. The van der Waals surface area contributed by atoms with Crippen LogP contribution < -0.4 is 16.0 Å². The van der Waals surface area contributed by atoms with Crippen molar-refractivity contribution in [1.29, 1.82) is 0 Å². The molecule has 0 unspecified atom stereocenters. The van der Waals surface area contributed by atoms with Crippen LogP contribution in [0.2, 0.25) is 0 Å². The van der Waals surface area contributed by atoms with Gasteiger partial charge in [-0.15, -0.1) is 0 Å². The summed E-state index contributed by atoms with van der Waals surface area (Å²) < 4.78 is 1.83. The molecule has 2 aliphatic carbocycles. The van der Waals surface area contributed by atoms with Crippen LogP contribution in [-0.4, -0.2) is 85.0 Å². The van der Waals surface area contributed by atoms with Gasteiger partial charge in [0.25, 0.3) is 0 Å². The molecule has 4 atom stereocenters. The Morgan fingerprint density at radius 1 is 0.891 bits per heavy atom. The van der Waals surface area contributed by atoms with Crippen molar-refractivity contribution >= 4 is 28.8 Å². The minimum absolute atomic E-state index is 0.000384. The highest BCUT2D eigenvalue weighted by Crippen LogP contribution is 2.36. The highest BCUT2D eigenvalue weighted by molar-refractivity contribution is 5.85. The lowest BCUT2D eigenvalue weighted by Gasteiger charge is -2.27. The number of anilines is 2. The Morgan fingerprint density at radius 3 is 2.24 bits per heavy atom. The third-order valence-corrected chi connectivity index (χ3v) is 9.94. The van der Waals surface area contributed by atoms with Gasteiger partial charge in [0.1, 0.15) is 12.2 Å². The number of nitrogens with zero attached hydrogens (tertiary/aromatic N) is 5. The zero-order chi connectivity index (χ0) is 31.5. The summed E-state index contributed by atoms with van der Waals surface area (Å²) in [6.45, 7) is 3.81. The van der Waals surface area contributed by atoms with Crippen molar-refractivity contribution in [3.05, 3.63) is 78.1 Å². The predicted octanol–water partition coefficient (Wildman–Crippen LogP) is 3.88. The lowest BCUT2D eigenvalue weighted by molar-refractivity contribution is -0.129. The van der Waals surface area contributed by atoms with Crippen molar-refractivity contribution in [1.82, 2.24) is 29.7 Å². The van der Waals surface area contributed by atoms with Crippen molar-refractivity contribution in [3.63, 3.8) is 0 Å². The van der Waals surface area contributed by atoms with Crippen LogP contribution in [0.1, 0.15) is 68.2 Å². The fourth-order valence-electron chi connectivity index (χ4n) is 7.03. The molecule has 1 amide bonds. The Balaban J connectivity index is 1.21. The van der Waals surface area contributed by atoms with Crippen LogP contribution in [0.5, 0.6) is 0 Å². The van der Waals surface area contributed by atoms with Gasteiger partial charge >= 0.3 is 0 Å². The number of hydrogen-bond acceptors (Lipinski definition) is 9. The Kier molecular flexibility index (Phi) is 9.14. The van der Waals surface area contributed by atoms with Crippen molar-refractivity contribution in [2.45, 2.75) is 75.3 Å². The standard InChI is InChI=1S/C35H44N8O3/c44-30-26(38-34(46)25-15-10-16-25)21-27(31(30)45)43-22-37-29-32(39-28(23-11-4-1-5-12-23)24-13-6-2-7-14-24)40-35(41-33(29)43)36-17-20-42-18-8-3-9-19-42/h1-2,4-7,11-14,22,25-28,30-31,44-45H,3,8-10,15-21H2,(H,38,46)(H2,36,39,40,41)/t26-,27+,30+,31-/m0/s1. The molecule has 2 saturated carbocycles. The van der Waals surface area contributed by atoms with Crippen LogP contribution in [0.4, 0.5) is 11.8 Å². The molecular formula is C35H44N8O3. The van der Waals surface area contributed by atoms with E-state index in [1.54, 1.807) is 6.33 Å². The van der Waals surface area contributed by atoms with E-state index in [2.05, 4.69) is 45.1 Å². The van der Waals surface area contributed by atoms with Gasteiger partial charge in [0, 0.05) is 19.0 Å². The quantitative estimate of drug-likeness (QED) is 0.168. The Hall–Kier alpha value is -4.06. The summed E-state index contributed by atoms with van der Waals surface area (Å²) in [7, 11) is 0. The number of aromatic nitrogens is 4. The second kappa shape index (κ2) is 13.7. The Labute approximate surface area is 269 Å². The number of aliphatic hydroxyl groups is 2. The maximum absolute atomic E-state index is 12.7. The number of aliphatic hydroxyl groups excluding tert-OH is 2. The molecule has 11 heteroatoms. The maximum atomic E-state index is 12.7. The van der Waals surface area contributed by atoms with Gasteiger partial charge in [-0.3, -0.25) is 4.79 Å². The first-order valence-corrected chi connectivity index (χ1v) is 16.8. The number of carbonyl (C=O) groups excluding carboxylic acids is 1. The van der Waals surface area contributed by atoms with Crippen LogP contribution in [0.25, 0.3) is 11.2 Å². The zero-order valence-electron chi connectivity index (χ0n) is 26.1. The first-order valence-electron chi connectivity index (χ1n) is 16.8. The largest absolute Gasteiger partial charge is 0.388 e. The van der Waals surface area contributed by atoms with E-state index in [-0.39, 0.29) is 17.9 Å². The van der Waals surface area contributed by atoms with E-state index in [9.17, 15) is 15.0 Å². The van der Waals surface area contributed by atoms with Gasteiger partial charge < -0.3 is 35.6 Å². The number of carbonyl (C=O) groups is 1. The maximum Gasteiger partial charge on any atom is 0.226 e. The summed E-state index contributed by atoms with van der Waals surface area (Å²) in [5.74, 6) is 1.00. The van der Waals surface area contributed by atoms with Gasteiger partial charge in [0.2, 0.25) is 11.9 Å². The highest BCUT2D eigenvalue weighted by Gasteiger charge is 2.44. The van der Waals surface area contributed by atoms with E-state index in [1.165, 1.54) is 19.3 Å². The van der Waals surface area contributed by atoms with Crippen LogP contribution in [-0.2, 0) is 4.79 Å². The normalized spacial score (nSPS) is 23.8. The summed E-state index contributed by atoms with van der Waals surface area (Å²) in [5, 5.41) is 32.3. The van der Waals surface area contributed by atoms with Gasteiger partial charge in [-0.2, -0.15) is 9.97 Å². The minimum atomic E-state index is -1.09. The van der Waals surface area contributed by atoms with Crippen molar-refractivity contribution in [2.75, 3.05) is 36.8 Å². The molecule has 0 spiro atoms. The molecule has 0 bridgehead atoms. The highest BCUT2D eigenvalue weighted by atomic mass is 16.3. The molecule has 1 saturated heterocycles. The summed E-state index contributed by atoms with van der Waals surface area (Å²) >= 11 is 0. The monoisotopic (exact) mass is 624 g/mol. The van der Waals surface area contributed by atoms with Gasteiger partial charge in [0.05, 0.1) is 24.5 Å². The van der Waals surface area contributed by atoms with E-state index in [4.69, 9.17) is 15.0 Å². The number of imidazole rings is 1. The molecule has 3 aliphatic rings. The van der Waals surface area contributed by atoms with Gasteiger partial charge in [-0.25, -0.2) is 4.98 Å². The molecule has 1 aliphatic heterocycles. The first kappa shape index (κ1) is 30.6. The molecule has 2 aromatic heterocycles. The molecule has 5 N–H and O–H groups in total. The summed E-state index contributed by atoms with van der Waals surface area (Å²) in [4.78, 5) is 29.8. The molecule has 7 rings (SSSR count). The predicted molar refractivity (Wildman–Crippen MR) is 177 cm³/mol. The fraction of sp³-hybridized carbons (Fsp3) is 0.486. The van der Waals surface area contributed by atoms with Crippen LogP contribution in [0.15, 0.2) is 67.0 Å². The number of rotatable bonds is 11. The number of fused-ring (bicyclic) bond motifs is 1. The van der Waals surface area contributed by atoms with E-state index < -0.39 is 24.3 Å². The molecule has 4 aromatic rings. The summed E-state index contributed by atoms with van der Waals surface area (Å²) in [6, 6.07) is 19.2. The molecule has 3 heterocycles. The lowest BCUT2D eigenvalue weighted by atomic mass is 9.84. The average Bonchev–Trinajstić information content (AvgIpc) is 3.60. The van der Waals surface area contributed by atoms with Gasteiger partial charge in [-0.05, 0) is 56.3 Å². The average molecular weight is 625 g/mol. The SMILES string of the molecule is O=C(N[C@H]1C[C@@H](n2cnc3c(NC(c4ccccc4)c4ccccc4)nc(NCCN4CCCCC4)nc32)[C@H](O)[C@@H]1O)C1CCC1. The number of piperidine rings is 1. The third-order valence-electron chi connectivity index (χ3n) is 9.94. The Bertz CT molecular complexity index is 1570. The van der Waals surface area contributed by atoms with E-state index in [0.29, 0.717) is 35.9 Å². The van der Waals surface area contributed by atoms with Gasteiger partial charge in [-0.1, -0.05) is 73.5 Å².